The minimum Gasteiger partial charge on any atom is -0.497 e. The summed E-state index contributed by atoms with van der Waals surface area (Å²) in [4.78, 5) is 64.8. The smallest absolute Gasteiger partial charge is 0.407 e. The minimum atomic E-state index is -1.13. The van der Waals surface area contributed by atoms with Gasteiger partial charge in [0.1, 0.15) is 17.1 Å². The Bertz CT molecular complexity index is 1630. The molecule has 1 aromatic carbocycles. The zero-order chi connectivity index (χ0) is 37.8. The maximum atomic E-state index is 14.8. The molecular formula is C39H56N6O8. The molecule has 2 aromatic rings. The minimum absolute atomic E-state index is 0.0409. The number of aromatic nitrogens is 1. The third kappa shape index (κ3) is 7.84. The average Bonchev–Trinajstić information content (AvgIpc) is 3.53. The van der Waals surface area contributed by atoms with Crippen molar-refractivity contribution in [2.45, 2.75) is 95.3 Å². The topological polar surface area (TPSA) is 148 Å². The van der Waals surface area contributed by atoms with E-state index in [2.05, 4.69) is 9.80 Å². The zero-order valence-electron chi connectivity index (χ0n) is 31.7. The summed E-state index contributed by atoms with van der Waals surface area (Å²) in [6, 6.07) is 5.38. The van der Waals surface area contributed by atoms with Crippen molar-refractivity contribution >= 4 is 24.1 Å². The lowest BCUT2D eigenvalue weighted by Crippen LogP contribution is -2.51. The Morgan fingerprint density at radius 2 is 1.19 bits per heavy atom. The quantitative estimate of drug-likeness (QED) is 0.307. The second-order valence-electron chi connectivity index (χ2n) is 15.0. The first kappa shape index (κ1) is 38.4. The van der Waals surface area contributed by atoms with Crippen molar-refractivity contribution in [3.05, 3.63) is 46.8 Å². The molecule has 14 nitrogen and oxygen atoms in total. The number of hydrogen-bond donors (Lipinski definition) is 2. The van der Waals surface area contributed by atoms with Crippen LogP contribution in [0.4, 0.5) is 9.59 Å². The molecule has 2 N–H and O–H groups in total. The Labute approximate surface area is 312 Å². The van der Waals surface area contributed by atoms with Crippen LogP contribution in [-0.4, -0.2) is 143 Å². The second-order valence-corrected chi connectivity index (χ2v) is 15.0. The van der Waals surface area contributed by atoms with E-state index in [0.717, 1.165) is 64.7 Å². The van der Waals surface area contributed by atoms with Gasteiger partial charge in [0.25, 0.3) is 5.91 Å². The van der Waals surface area contributed by atoms with Crippen molar-refractivity contribution in [3.63, 3.8) is 0 Å². The highest BCUT2D eigenvalue weighted by Crippen LogP contribution is 2.47. The van der Waals surface area contributed by atoms with E-state index in [0.29, 0.717) is 48.2 Å². The van der Waals surface area contributed by atoms with E-state index in [4.69, 9.17) is 9.47 Å². The summed E-state index contributed by atoms with van der Waals surface area (Å²) in [6.45, 7) is 5.86. The van der Waals surface area contributed by atoms with Gasteiger partial charge < -0.3 is 44.2 Å². The van der Waals surface area contributed by atoms with Gasteiger partial charge in [0, 0.05) is 56.1 Å². The van der Waals surface area contributed by atoms with Crippen LogP contribution in [0.5, 0.6) is 5.75 Å². The van der Waals surface area contributed by atoms with Gasteiger partial charge in [0.05, 0.1) is 25.8 Å². The molecule has 0 radical (unpaired) electrons. The number of hydrogen-bond acceptors (Lipinski definition) is 8. The Balaban J connectivity index is 1.67. The Morgan fingerprint density at radius 3 is 1.60 bits per heavy atom. The molecule has 4 aliphatic rings. The normalized spacial score (nSPS) is 24.5. The van der Waals surface area contributed by atoms with Crippen molar-refractivity contribution in [1.29, 1.82) is 0 Å². The van der Waals surface area contributed by atoms with E-state index in [1.807, 2.05) is 0 Å². The molecule has 0 saturated carbocycles. The van der Waals surface area contributed by atoms with Crippen LogP contribution in [0, 0.1) is 0 Å². The van der Waals surface area contributed by atoms with Gasteiger partial charge in [-0.3, -0.25) is 9.36 Å². The summed E-state index contributed by atoms with van der Waals surface area (Å²) < 4.78 is 12.8. The molecule has 4 fully saturated rings. The largest absolute Gasteiger partial charge is 0.497 e. The molecule has 4 atom stereocenters. The van der Waals surface area contributed by atoms with Gasteiger partial charge in [0.15, 0.2) is 0 Å². The Kier molecular flexibility index (Phi) is 12.2. The lowest BCUT2D eigenvalue weighted by atomic mass is 9.82. The molecule has 5 heterocycles. The summed E-state index contributed by atoms with van der Waals surface area (Å²) in [6.07, 6.45) is 6.36. The number of benzene rings is 1. The number of amides is 3. The van der Waals surface area contributed by atoms with Crippen LogP contribution in [-0.2, 0) is 4.74 Å². The van der Waals surface area contributed by atoms with Gasteiger partial charge >= 0.3 is 18.2 Å². The van der Waals surface area contributed by atoms with Crippen LogP contribution < -0.4 is 4.74 Å². The number of methoxy groups -OCH3 is 1. The van der Waals surface area contributed by atoms with E-state index < -0.39 is 36.1 Å². The number of carboxylic acid groups (broad SMARTS) is 2. The number of carbonyl (C=O) groups excluding carboxylic acids is 2. The lowest BCUT2D eigenvalue weighted by Gasteiger charge is -2.46. The van der Waals surface area contributed by atoms with Crippen molar-refractivity contribution in [2.24, 2.45) is 0 Å². The number of rotatable bonds is 9. The van der Waals surface area contributed by atoms with Gasteiger partial charge in [-0.05, 0) is 109 Å². The Hall–Kier alpha value is -4.30. The van der Waals surface area contributed by atoms with Crippen molar-refractivity contribution in [3.8, 4) is 11.4 Å². The van der Waals surface area contributed by atoms with Crippen molar-refractivity contribution < 1.29 is 38.9 Å². The molecule has 290 valence electrons. The first-order chi connectivity index (χ1) is 25.5. The van der Waals surface area contributed by atoms with E-state index in [1.54, 1.807) is 57.0 Å². The third-order valence-corrected chi connectivity index (χ3v) is 11.8. The lowest BCUT2D eigenvalue weighted by molar-refractivity contribution is 0.0430. The highest BCUT2D eigenvalue weighted by atomic mass is 16.5. The molecule has 4 unspecified atom stereocenters. The molecule has 4 aliphatic heterocycles. The molecule has 0 spiro atoms. The van der Waals surface area contributed by atoms with E-state index in [-0.39, 0.29) is 43.2 Å². The van der Waals surface area contributed by atoms with Crippen LogP contribution in [0.2, 0.25) is 0 Å². The summed E-state index contributed by atoms with van der Waals surface area (Å²) in [5, 5.41) is 21.6. The fourth-order valence-electron chi connectivity index (χ4n) is 9.22. The number of nitrogens with zero attached hydrogens (tertiary/aromatic N) is 6. The maximum Gasteiger partial charge on any atom is 0.407 e. The highest BCUT2D eigenvalue weighted by molar-refractivity contribution is 6.01. The van der Waals surface area contributed by atoms with Crippen LogP contribution in [0.15, 0.2) is 24.3 Å². The first-order valence-electron chi connectivity index (χ1n) is 19.3. The molecule has 14 heteroatoms. The second kappa shape index (κ2) is 16.8. The predicted octanol–water partition coefficient (Wildman–Crippen LogP) is 5.70. The van der Waals surface area contributed by atoms with Gasteiger partial charge in [-0.15, -0.1) is 0 Å². The van der Waals surface area contributed by atoms with E-state index >= 15 is 0 Å². The zero-order valence-corrected chi connectivity index (χ0v) is 31.7. The van der Waals surface area contributed by atoms with Crippen LogP contribution >= 0.6 is 0 Å². The van der Waals surface area contributed by atoms with Crippen molar-refractivity contribution in [2.75, 3.05) is 67.1 Å². The Morgan fingerprint density at radius 1 is 0.717 bits per heavy atom. The van der Waals surface area contributed by atoms with Gasteiger partial charge in [-0.1, -0.05) is 12.8 Å². The summed E-state index contributed by atoms with van der Waals surface area (Å²) in [5.41, 5.74) is 1.42. The standard InChI is InChI=1S/C39H56N6O8/c1-5-53-37(47)35-33(31-25-28(17-23-44(31)39(50)51)42-20-10-7-11-21-42)32(30-24-27(16-22-43(30)38(48)49)41-18-8-6-9-19-41)34(36(46)40(2)3)45(35)26-12-14-29(52-4)15-13-26/h12-15,27-28,30-31H,5-11,16-25H2,1-4H3,(H,48,49)(H,50,51). The molecular weight excluding hydrogens is 680 g/mol. The van der Waals surface area contributed by atoms with Gasteiger partial charge in [-0.2, -0.15) is 0 Å². The monoisotopic (exact) mass is 736 g/mol. The number of ether oxygens (including phenoxy) is 2. The van der Waals surface area contributed by atoms with Crippen molar-refractivity contribution in [1.82, 2.24) is 29.1 Å². The van der Waals surface area contributed by atoms with E-state index in [1.165, 1.54) is 14.7 Å². The fraction of sp³-hybridized carbons (Fsp3) is 0.641. The predicted molar refractivity (Wildman–Crippen MR) is 198 cm³/mol. The van der Waals surface area contributed by atoms with E-state index in [9.17, 15) is 29.4 Å². The van der Waals surface area contributed by atoms with Crippen LogP contribution in [0.25, 0.3) is 5.69 Å². The molecule has 0 bridgehead atoms. The van der Waals surface area contributed by atoms with Crippen LogP contribution in [0.1, 0.15) is 115 Å². The number of esters is 1. The number of carbonyl (C=O) groups is 4. The third-order valence-electron chi connectivity index (χ3n) is 11.8. The molecule has 1 aromatic heterocycles. The van der Waals surface area contributed by atoms with Gasteiger partial charge in [-0.25, -0.2) is 14.4 Å². The highest BCUT2D eigenvalue weighted by Gasteiger charge is 2.47. The molecule has 0 aliphatic carbocycles. The summed E-state index contributed by atoms with van der Waals surface area (Å²) >= 11 is 0. The SMILES string of the molecule is CCOC(=O)c1c(C2CC(N3CCCCC3)CCN2C(=O)O)c(C2CC(N3CCCCC3)CCN2C(=O)O)c(C(=O)N(C)C)n1-c1ccc(OC)cc1. The summed E-state index contributed by atoms with van der Waals surface area (Å²) in [5.74, 6) is -0.557. The molecule has 3 amide bonds. The summed E-state index contributed by atoms with van der Waals surface area (Å²) in [7, 11) is 4.81. The van der Waals surface area contributed by atoms with Gasteiger partial charge in [0.2, 0.25) is 0 Å². The average molecular weight is 737 g/mol. The molecule has 6 rings (SSSR count). The number of likely N-dealkylation sites (tertiary alicyclic amines) is 4. The fourth-order valence-corrected chi connectivity index (χ4v) is 9.22. The first-order valence-corrected chi connectivity index (χ1v) is 19.3. The molecule has 53 heavy (non-hydrogen) atoms. The maximum absolute atomic E-state index is 14.8. The van der Waals surface area contributed by atoms with Crippen LogP contribution in [0.3, 0.4) is 0 Å². The molecule has 4 saturated heterocycles. The number of piperidine rings is 4.